The number of carbonyl (C=O) groups is 1. The molecule has 31 heavy (non-hydrogen) atoms. The van der Waals surface area contributed by atoms with Gasteiger partial charge in [0, 0.05) is 32.7 Å². The molecule has 2 aromatic rings. The summed E-state index contributed by atoms with van der Waals surface area (Å²) in [5.41, 5.74) is 2.13. The number of nitrogens with one attached hydrogen (secondary N) is 1. The lowest BCUT2D eigenvalue weighted by molar-refractivity contribution is -0.132. The molecule has 1 heterocycles. The van der Waals surface area contributed by atoms with Crippen molar-refractivity contribution >= 4 is 15.9 Å². The van der Waals surface area contributed by atoms with Gasteiger partial charge < -0.3 is 10.2 Å². The molecule has 0 spiro atoms. The maximum Gasteiger partial charge on any atom is 0.243 e. The first-order chi connectivity index (χ1) is 14.8. The summed E-state index contributed by atoms with van der Waals surface area (Å²) in [5, 5.41) is 3.22. The van der Waals surface area contributed by atoms with Gasteiger partial charge in [0.2, 0.25) is 15.9 Å². The largest absolute Gasteiger partial charge is 0.339 e. The van der Waals surface area contributed by atoms with Gasteiger partial charge in [-0.3, -0.25) is 4.79 Å². The third-order valence-corrected chi connectivity index (χ3v) is 7.64. The van der Waals surface area contributed by atoms with E-state index in [1.165, 1.54) is 4.31 Å². The zero-order valence-corrected chi connectivity index (χ0v) is 19.4. The van der Waals surface area contributed by atoms with Crippen LogP contribution in [-0.2, 0) is 14.8 Å². The molecular weight excluding hydrogens is 410 g/mol. The van der Waals surface area contributed by atoms with E-state index in [1.54, 1.807) is 17.0 Å². The molecule has 3 rings (SSSR count). The van der Waals surface area contributed by atoms with Crippen LogP contribution in [0.3, 0.4) is 0 Å². The summed E-state index contributed by atoms with van der Waals surface area (Å²) in [4.78, 5) is 14.9. The number of benzene rings is 2. The molecule has 1 aliphatic rings. The second-order valence-corrected chi connectivity index (χ2v) is 10.4. The molecule has 0 saturated carbocycles. The molecule has 0 aliphatic carbocycles. The average molecular weight is 444 g/mol. The average Bonchev–Trinajstić information content (AvgIpc) is 2.79. The Morgan fingerprint density at radius 3 is 2.16 bits per heavy atom. The monoisotopic (exact) mass is 443 g/mol. The minimum atomic E-state index is -3.81. The SMILES string of the molecule is CC(C)c1ccc(S(=O)(=O)N(CC(=O)N2CCNCC2)C[C@@H](C)c2ccccc2)cc1. The Labute approximate surface area is 186 Å². The fourth-order valence-corrected chi connectivity index (χ4v) is 5.26. The molecule has 1 amide bonds. The summed E-state index contributed by atoms with van der Waals surface area (Å²) < 4.78 is 28.4. The number of piperazine rings is 1. The van der Waals surface area contributed by atoms with Gasteiger partial charge in [-0.05, 0) is 35.1 Å². The molecule has 0 unspecified atom stereocenters. The molecule has 0 radical (unpaired) electrons. The van der Waals surface area contributed by atoms with E-state index in [0.717, 1.165) is 24.2 Å². The third kappa shape index (κ3) is 5.93. The second kappa shape index (κ2) is 10.4. The van der Waals surface area contributed by atoms with Gasteiger partial charge in [0.15, 0.2) is 0 Å². The highest BCUT2D eigenvalue weighted by Gasteiger charge is 2.30. The Bertz CT molecular complexity index is 953. The maximum absolute atomic E-state index is 13.5. The molecule has 168 valence electrons. The summed E-state index contributed by atoms with van der Waals surface area (Å²) in [6, 6.07) is 16.8. The first-order valence-corrected chi connectivity index (χ1v) is 12.4. The summed E-state index contributed by atoms with van der Waals surface area (Å²) >= 11 is 0. The Morgan fingerprint density at radius 1 is 0.968 bits per heavy atom. The number of hydrogen-bond donors (Lipinski definition) is 1. The molecule has 0 bridgehead atoms. The van der Waals surface area contributed by atoms with Crippen molar-refractivity contribution < 1.29 is 13.2 Å². The number of sulfonamides is 1. The number of nitrogens with zero attached hydrogens (tertiary/aromatic N) is 2. The lowest BCUT2D eigenvalue weighted by atomic mass is 10.0. The predicted octanol–water partition coefficient (Wildman–Crippen LogP) is 3.04. The number of hydrogen-bond acceptors (Lipinski definition) is 4. The van der Waals surface area contributed by atoms with Gasteiger partial charge in [-0.15, -0.1) is 0 Å². The Kier molecular flexibility index (Phi) is 7.86. The van der Waals surface area contributed by atoms with Crippen molar-refractivity contribution in [1.82, 2.24) is 14.5 Å². The predicted molar refractivity (Wildman–Crippen MR) is 124 cm³/mol. The van der Waals surface area contributed by atoms with E-state index in [4.69, 9.17) is 0 Å². The minimum Gasteiger partial charge on any atom is -0.339 e. The molecule has 2 aromatic carbocycles. The van der Waals surface area contributed by atoms with Crippen LogP contribution in [0.5, 0.6) is 0 Å². The summed E-state index contributed by atoms with van der Waals surface area (Å²) in [6.45, 7) is 8.91. The summed E-state index contributed by atoms with van der Waals surface area (Å²) in [6.07, 6.45) is 0. The van der Waals surface area contributed by atoms with E-state index in [2.05, 4.69) is 19.2 Å². The van der Waals surface area contributed by atoms with Crippen LogP contribution in [-0.4, -0.2) is 62.8 Å². The van der Waals surface area contributed by atoms with Crippen molar-refractivity contribution in [2.45, 2.75) is 37.5 Å². The van der Waals surface area contributed by atoms with Gasteiger partial charge in [0.25, 0.3) is 0 Å². The second-order valence-electron chi connectivity index (χ2n) is 8.46. The fourth-order valence-electron chi connectivity index (χ4n) is 3.78. The van der Waals surface area contributed by atoms with Crippen molar-refractivity contribution in [2.24, 2.45) is 0 Å². The minimum absolute atomic E-state index is 0.0401. The highest BCUT2D eigenvalue weighted by Crippen LogP contribution is 2.24. The highest BCUT2D eigenvalue weighted by atomic mass is 32.2. The smallest absolute Gasteiger partial charge is 0.243 e. The number of rotatable bonds is 8. The molecule has 0 aromatic heterocycles. The van der Waals surface area contributed by atoms with Gasteiger partial charge in [-0.25, -0.2) is 8.42 Å². The Morgan fingerprint density at radius 2 is 1.58 bits per heavy atom. The molecule has 1 saturated heterocycles. The highest BCUT2D eigenvalue weighted by molar-refractivity contribution is 7.89. The maximum atomic E-state index is 13.5. The van der Waals surface area contributed by atoms with Crippen molar-refractivity contribution in [3.63, 3.8) is 0 Å². The lowest BCUT2D eigenvalue weighted by Gasteiger charge is -2.31. The molecule has 1 aliphatic heterocycles. The van der Waals surface area contributed by atoms with E-state index in [9.17, 15) is 13.2 Å². The Balaban J connectivity index is 1.86. The zero-order valence-electron chi connectivity index (χ0n) is 18.6. The van der Waals surface area contributed by atoms with Gasteiger partial charge in [0.05, 0.1) is 11.4 Å². The lowest BCUT2D eigenvalue weighted by Crippen LogP contribution is -2.50. The van der Waals surface area contributed by atoms with E-state index in [-0.39, 0.29) is 29.8 Å². The molecule has 7 heteroatoms. The third-order valence-electron chi connectivity index (χ3n) is 5.81. The molecular formula is C24H33N3O3S. The van der Waals surface area contributed by atoms with Crippen LogP contribution in [0.4, 0.5) is 0 Å². The summed E-state index contributed by atoms with van der Waals surface area (Å²) in [7, 11) is -3.81. The first-order valence-electron chi connectivity index (χ1n) is 10.9. The van der Waals surface area contributed by atoms with Gasteiger partial charge in [0.1, 0.15) is 0 Å². The fraction of sp³-hybridized carbons (Fsp3) is 0.458. The van der Waals surface area contributed by atoms with E-state index in [0.29, 0.717) is 19.0 Å². The van der Waals surface area contributed by atoms with Crippen LogP contribution in [0.1, 0.15) is 43.7 Å². The van der Waals surface area contributed by atoms with E-state index >= 15 is 0 Å². The van der Waals surface area contributed by atoms with Crippen LogP contribution >= 0.6 is 0 Å². The Hall–Kier alpha value is -2.22. The van der Waals surface area contributed by atoms with Gasteiger partial charge >= 0.3 is 0 Å². The molecule has 1 fully saturated rings. The number of amides is 1. The van der Waals surface area contributed by atoms with Crippen LogP contribution < -0.4 is 5.32 Å². The van der Waals surface area contributed by atoms with E-state index in [1.807, 2.05) is 49.4 Å². The molecule has 1 atom stereocenters. The first kappa shape index (κ1) is 23.4. The molecule has 6 nitrogen and oxygen atoms in total. The van der Waals surface area contributed by atoms with Crippen molar-refractivity contribution in [3.05, 3.63) is 65.7 Å². The van der Waals surface area contributed by atoms with Crippen molar-refractivity contribution in [1.29, 1.82) is 0 Å². The van der Waals surface area contributed by atoms with Crippen molar-refractivity contribution in [2.75, 3.05) is 39.3 Å². The van der Waals surface area contributed by atoms with E-state index < -0.39 is 10.0 Å². The quantitative estimate of drug-likeness (QED) is 0.681. The molecule has 1 N–H and O–H groups in total. The van der Waals surface area contributed by atoms with Crippen LogP contribution in [0.2, 0.25) is 0 Å². The van der Waals surface area contributed by atoms with Crippen LogP contribution in [0, 0.1) is 0 Å². The standard InChI is InChI=1S/C24H33N3O3S/c1-19(2)21-9-11-23(12-10-21)31(29,30)27(17-20(3)22-7-5-4-6-8-22)18-24(28)26-15-13-25-14-16-26/h4-12,19-20,25H,13-18H2,1-3H3/t20-/m1/s1. The topological polar surface area (TPSA) is 69.7 Å². The zero-order chi connectivity index (χ0) is 22.4. The van der Waals surface area contributed by atoms with Crippen LogP contribution in [0.15, 0.2) is 59.5 Å². The van der Waals surface area contributed by atoms with Crippen molar-refractivity contribution in [3.8, 4) is 0 Å². The normalized spacial score (nSPS) is 16.0. The summed E-state index contributed by atoms with van der Waals surface area (Å²) in [5.74, 6) is 0.131. The number of carbonyl (C=O) groups excluding carboxylic acids is 1. The van der Waals surface area contributed by atoms with Gasteiger partial charge in [-0.1, -0.05) is 63.2 Å². The van der Waals surface area contributed by atoms with Gasteiger partial charge in [-0.2, -0.15) is 4.31 Å². The van der Waals surface area contributed by atoms with Crippen LogP contribution in [0.25, 0.3) is 0 Å².